The molecule has 1 aromatic carbocycles. The number of hydrazine groups is 1. The predicted molar refractivity (Wildman–Crippen MR) is 79.0 cm³/mol. The zero-order valence-corrected chi connectivity index (χ0v) is 11.6. The summed E-state index contributed by atoms with van der Waals surface area (Å²) < 4.78 is 0. The molecule has 1 aliphatic rings. The van der Waals surface area contributed by atoms with Crippen LogP contribution >= 0.6 is 23.1 Å². The molecule has 4 heteroatoms. The van der Waals surface area contributed by atoms with Crippen LogP contribution in [0, 0.1) is 0 Å². The summed E-state index contributed by atoms with van der Waals surface area (Å²) in [7, 11) is 0. The molecule has 2 atom stereocenters. The van der Waals surface area contributed by atoms with Crippen LogP contribution in [0.3, 0.4) is 0 Å². The van der Waals surface area contributed by atoms with Gasteiger partial charge in [-0.05, 0) is 40.4 Å². The summed E-state index contributed by atoms with van der Waals surface area (Å²) in [5.41, 5.74) is 5.83. The SMILES string of the molecule is NNC(Cc1ccsc1)C1CSc2ccccc21. The molecule has 0 saturated heterocycles. The van der Waals surface area contributed by atoms with Crippen molar-refractivity contribution in [3.05, 3.63) is 52.2 Å². The van der Waals surface area contributed by atoms with Crippen LogP contribution in [0.4, 0.5) is 0 Å². The number of hydrogen-bond donors (Lipinski definition) is 2. The molecule has 2 heterocycles. The van der Waals surface area contributed by atoms with Crippen LogP contribution in [0.1, 0.15) is 17.0 Å². The second kappa shape index (κ2) is 5.45. The number of rotatable bonds is 4. The zero-order valence-electron chi connectivity index (χ0n) is 10.0. The molecule has 1 aromatic heterocycles. The third-order valence-electron chi connectivity index (χ3n) is 3.47. The Morgan fingerprint density at radius 2 is 2.22 bits per heavy atom. The number of hydrogen-bond acceptors (Lipinski definition) is 4. The third kappa shape index (κ3) is 2.34. The zero-order chi connectivity index (χ0) is 12.4. The van der Waals surface area contributed by atoms with Crippen molar-refractivity contribution in [1.29, 1.82) is 0 Å². The molecular formula is C14H16N2S2. The number of nitrogens with two attached hydrogens (primary N) is 1. The maximum atomic E-state index is 5.77. The van der Waals surface area contributed by atoms with Crippen LogP contribution < -0.4 is 11.3 Å². The van der Waals surface area contributed by atoms with Crippen molar-refractivity contribution >= 4 is 23.1 Å². The highest BCUT2D eigenvalue weighted by atomic mass is 32.2. The smallest absolute Gasteiger partial charge is 0.0328 e. The Hall–Kier alpha value is -0.810. The predicted octanol–water partition coefficient (Wildman–Crippen LogP) is 3.01. The van der Waals surface area contributed by atoms with E-state index in [-0.39, 0.29) is 0 Å². The quantitative estimate of drug-likeness (QED) is 0.666. The van der Waals surface area contributed by atoms with Crippen molar-refractivity contribution in [2.24, 2.45) is 5.84 Å². The second-order valence-corrected chi connectivity index (χ2v) is 6.41. The minimum atomic E-state index is 0.316. The van der Waals surface area contributed by atoms with Gasteiger partial charge in [-0.1, -0.05) is 18.2 Å². The van der Waals surface area contributed by atoms with Gasteiger partial charge in [0.05, 0.1) is 0 Å². The van der Waals surface area contributed by atoms with Gasteiger partial charge >= 0.3 is 0 Å². The van der Waals surface area contributed by atoms with Crippen LogP contribution in [0.2, 0.25) is 0 Å². The lowest BCUT2D eigenvalue weighted by molar-refractivity contribution is 0.463. The molecule has 0 amide bonds. The Balaban J connectivity index is 1.81. The van der Waals surface area contributed by atoms with Crippen LogP contribution in [0.25, 0.3) is 0 Å². The summed E-state index contributed by atoms with van der Waals surface area (Å²) >= 11 is 3.69. The highest BCUT2D eigenvalue weighted by molar-refractivity contribution is 7.99. The first-order valence-electron chi connectivity index (χ1n) is 6.07. The first kappa shape index (κ1) is 12.2. The van der Waals surface area contributed by atoms with E-state index in [0.717, 1.165) is 12.2 Å². The first-order chi connectivity index (χ1) is 8.88. The molecule has 2 unspecified atom stereocenters. The molecule has 1 aliphatic heterocycles. The van der Waals surface area contributed by atoms with Gasteiger partial charge in [0.2, 0.25) is 0 Å². The topological polar surface area (TPSA) is 38.0 Å². The highest BCUT2D eigenvalue weighted by Crippen LogP contribution is 2.41. The maximum absolute atomic E-state index is 5.77. The number of thiophene rings is 1. The molecule has 3 N–H and O–H groups in total. The van der Waals surface area contributed by atoms with Gasteiger partial charge in [-0.3, -0.25) is 11.3 Å². The number of nitrogens with one attached hydrogen (secondary N) is 1. The molecule has 2 aromatic rings. The molecule has 2 nitrogen and oxygen atoms in total. The molecular weight excluding hydrogens is 260 g/mol. The summed E-state index contributed by atoms with van der Waals surface area (Å²) in [6, 6.07) is 11.2. The van der Waals surface area contributed by atoms with Gasteiger partial charge in [0.25, 0.3) is 0 Å². The minimum absolute atomic E-state index is 0.316. The van der Waals surface area contributed by atoms with Crippen molar-refractivity contribution in [2.45, 2.75) is 23.3 Å². The van der Waals surface area contributed by atoms with Crippen molar-refractivity contribution in [1.82, 2.24) is 5.43 Å². The Kier molecular flexibility index (Phi) is 3.70. The van der Waals surface area contributed by atoms with E-state index in [9.17, 15) is 0 Å². The van der Waals surface area contributed by atoms with Gasteiger partial charge in [-0.25, -0.2) is 0 Å². The summed E-state index contributed by atoms with van der Waals surface area (Å²) in [6.45, 7) is 0. The van der Waals surface area contributed by atoms with Crippen LogP contribution in [-0.4, -0.2) is 11.8 Å². The fourth-order valence-electron chi connectivity index (χ4n) is 2.50. The maximum Gasteiger partial charge on any atom is 0.0328 e. The van der Waals surface area contributed by atoms with Gasteiger partial charge in [0.15, 0.2) is 0 Å². The normalized spacial score (nSPS) is 19.7. The van der Waals surface area contributed by atoms with E-state index in [2.05, 4.69) is 46.5 Å². The second-order valence-electron chi connectivity index (χ2n) is 4.56. The summed E-state index contributed by atoms with van der Waals surface area (Å²) in [6.07, 6.45) is 1.000. The molecule has 0 bridgehead atoms. The van der Waals surface area contributed by atoms with E-state index >= 15 is 0 Å². The van der Waals surface area contributed by atoms with E-state index < -0.39 is 0 Å². The number of benzene rings is 1. The Labute approximate surface area is 116 Å². The Morgan fingerprint density at radius 3 is 3.00 bits per heavy atom. The van der Waals surface area contributed by atoms with Gasteiger partial charge < -0.3 is 0 Å². The standard InChI is InChI=1S/C14H16N2S2/c15-16-13(7-10-5-6-17-8-10)12-9-18-14-4-2-1-3-11(12)14/h1-6,8,12-13,16H,7,9,15H2. The monoisotopic (exact) mass is 276 g/mol. The number of thioether (sulfide) groups is 1. The number of fused-ring (bicyclic) bond motifs is 1. The average molecular weight is 276 g/mol. The van der Waals surface area contributed by atoms with Crippen molar-refractivity contribution < 1.29 is 0 Å². The Morgan fingerprint density at radius 1 is 1.33 bits per heavy atom. The van der Waals surface area contributed by atoms with E-state index in [0.29, 0.717) is 12.0 Å². The fraction of sp³-hybridized carbons (Fsp3) is 0.286. The largest absolute Gasteiger partial charge is 0.271 e. The van der Waals surface area contributed by atoms with Crippen LogP contribution in [0.15, 0.2) is 46.0 Å². The summed E-state index contributed by atoms with van der Waals surface area (Å²) in [4.78, 5) is 1.41. The lowest BCUT2D eigenvalue weighted by Crippen LogP contribution is -2.41. The molecule has 0 fully saturated rings. The summed E-state index contributed by atoms with van der Waals surface area (Å²) in [5, 5.41) is 4.33. The fourth-order valence-corrected chi connectivity index (χ4v) is 4.51. The molecule has 3 rings (SSSR count). The van der Waals surface area contributed by atoms with Crippen molar-refractivity contribution in [3.8, 4) is 0 Å². The lowest BCUT2D eigenvalue weighted by atomic mass is 9.90. The molecule has 0 spiro atoms. The minimum Gasteiger partial charge on any atom is -0.271 e. The lowest BCUT2D eigenvalue weighted by Gasteiger charge is -2.22. The van der Waals surface area contributed by atoms with Crippen LogP contribution in [-0.2, 0) is 6.42 Å². The van der Waals surface area contributed by atoms with Crippen molar-refractivity contribution in [2.75, 3.05) is 5.75 Å². The van der Waals surface area contributed by atoms with E-state index in [1.165, 1.54) is 16.0 Å². The molecule has 0 radical (unpaired) electrons. The molecule has 18 heavy (non-hydrogen) atoms. The molecule has 0 aliphatic carbocycles. The molecule has 0 saturated carbocycles. The van der Waals surface area contributed by atoms with Crippen molar-refractivity contribution in [3.63, 3.8) is 0 Å². The first-order valence-corrected chi connectivity index (χ1v) is 8.00. The Bertz CT molecular complexity index is 510. The third-order valence-corrected chi connectivity index (χ3v) is 5.41. The van der Waals surface area contributed by atoms with E-state index in [1.807, 2.05) is 11.8 Å². The van der Waals surface area contributed by atoms with Gasteiger partial charge in [0, 0.05) is 22.6 Å². The van der Waals surface area contributed by atoms with Crippen LogP contribution in [0.5, 0.6) is 0 Å². The summed E-state index contributed by atoms with van der Waals surface area (Å²) in [5.74, 6) is 7.40. The van der Waals surface area contributed by atoms with E-state index in [1.54, 1.807) is 11.3 Å². The average Bonchev–Trinajstić information content (AvgIpc) is 3.05. The highest BCUT2D eigenvalue weighted by Gasteiger charge is 2.29. The van der Waals surface area contributed by atoms with Gasteiger partial charge in [-0.15, -0.1) is 11.8 Å². The van der Waals surface area contributed by atoms with E-state index in [4.69, 9.17) is 5.84 Å². The van der Waals surface area contributed by atoms with Gasteiger partial charge in [-0.2, -0.15) is 11.3 Å². The van der Waals surface area contributed by atoms with Gasteiger partial charge in [0.1, 0.15) is 0 Å². The molecule has 94 valence electrons.